The first-order chi connectivity index (χ1) is 26.8. The number of hydrogen-bond acceptors (Lipinski definition) is 2. The Morgan fingerprint density at radius 1 is 0.444 bits per heavy atom. The van der Waals surface area contributed by atoms with Gasteiger partial charge in [0, 0.05) is 25.7 Å². The third-order valence-corrected chi connectivity index (χ3v) is 12.9. The molecular weight excluding hydrogens is 673 g/mol. The van der Waals surface area contributed by atoms with E-state index in [0.717, 1.165) is 35.0 Å². The van der Waals surface area contributed by atoms with E-state index in [-0.39, 0.29) is 0 Å². The summed E-state index contributed by atoms with van der Waals surface area (Å²) in [5.41, 5.74) is 10.7. The highest BCUT2D eigenvalue weighted by molar-refractivity contribution is 7.19. The molecule has 1 aliphatic rings. The first-order valence-electron chi connectivity index (χ1n) is 18.8. The van der Waals surface area contributed by atoms with Crippen molar-refractivity contribution in [1.82, 2.24) is 0 Å². The van der Waals surface area contributed by atoms with E-state index in [0.29, 0.717) is 0 Å². The Hall–Kier alpha value is -6.48. The minimum absolute atomic E-state index is 0.920. The van der Waals surface area contributed by atoms with Gasteiger partial charge in [0.2, 0.25) is 0 Å². The lowest BCUT2D eigenvalue weighted by Crippen LogP contribution is -1.92. The molecule has 252 valence electrons. The molecule has 0 amide bonds. The van der Waals surface area contributed by atoms with Crippen LogP contribution in [0.2, 0.25) is 0 Å². The van der Waals surface area contributed by atoms with E-state index >= 15 is 0 Å². The van der Waals surface area contributed by atoms with Crippen molar-refractivity contribution >= 4 is 92.5 Å². The summed E-state index contributed by atoms with van der Waals surface area (Å²) in [6, 6.07) is 58.1. The van der Waals surface area contributed by atoms with Gasteiger partial charge in [-0.3, -0.25) is 0 Å². The molecule has 0 unspecified atom stereocenters. The largest absolute Gasteiger partial charge is 0.456 e. The quantitative estimate of drug-likeness (QED) is 0.167. The van der Waals surface area contributed by atoms with Gasteiger partial charge < -0.3 is 4.42 Å². The SMILES string of the molecule is C1=Cc2c(sc3cc4c(ccc5oc6cc(-c7c8ccccc8c(-c8ccc(-c9ccccc9)c9ccccc89)c8ccccc78)ccc6c54)cc23)CC1. The van der Waals surface area contributed by atoms with Crippen LogP contribution in [0.1, 0.15) is 16.9 Å². The lowest BCUT2D eigenvalue weighted by atomic mass is 9.83. The Bertz CT molecular complexity index is 3320. The molecule has 2 heteroatoms. The summed E-state index contributed by atoms with van der Waals surface area (Å²) in [6.45, 7) is 0. The second-order valence-electron chi connectivity index (χ2n) is 14.6. The Kier molecular flexibility index (Phi) is 6.40. The van der Waals surface area contributed by atoms with Gasteiger partial charge in [0.1, 0.15) is 11.2 Å². The number of allylic oxidation sites excluding steroid dienone is 1. The predicted molar refractivity (Wildman–Crippen MR) is 233 cm³/mol. The zero-order valence-corrected chi connectivity index (χ0v) is 30.2. The molecule has 9 aromatic carbocycles. The Balaban J connectivity index is 1.09. The van der Waals surface area contributed by atoms with E-state index in [4.69, 9.17) is 4.42 Å². The molecule has 1 aliphatic carbocycles. The predicted octanol–water partition coefficient (Wildman–Crippen LogP) is 15.4. The highest BCUT2D eigenvalue weighted by atomic mass is 32.1. The Labute approximate surface area is 316 Å². The van der Waals surface area contributed by atoms with Gasteiger partial charge in [0.05, 0.1) is 0 Å². The van der Waals surface area contributed by atoms with Gasteiger partial charge in [0.15, 0.2) is 0 Å². The van der Waals surface area contributed by atoms with Gasteiger partial charge in [-0.25, -0.2) is 0 Å². The van der Waals surface area contributed by atoms with Crippen LogP contribution in [0.3, 0.4) is 0 Å². The van der Waals surface area contributed by atoms with E-state index in [1.165, 1.54) is 96.8 Å². The molecule has 2 aromatic heterocycles. The summed E-state index contributed by atoms with van der Waals surface area (Å²) >= 11 is 1.95. The smallest absolute Gasteiger partial charge is 0.136 e. The van der Waals surface area contributed by atoms with Gasteiger partial charge in [0.25, 0.3) is 0 Å². The molecule has 0 spiro atoms. The highest BCUT2D eigenvalue weighted by Crippen LogP contribution is 2.48. The summed E-state index contributed by atoms with van der Waals surface area (Å²) in [7, 11) is 0. The van der Waals surface area contributed by atoms with E-state index < -0.39 is 0 Å². The summed E-state index contributed by atoms with van der Waals surface area (Å²) in [5.74, 6) is 0. The monoisotopic (exact) mass is 704 g/mol. The zero-order valence-electron chi connectivity index (χ0n) is 29.4. The van der Waals surface area contributed by atoms with E-state index in [2.05, 4.69) is 170 Å². The molecule has 1 nitrogen and oxygen atoms in total. The topological polar surface area (TPSA) is 13.1 Å². The number of fused-ring (bicyclic) bond motifs is 11. The van der Waals surface area contributed by atoms with Crippen LogP contribution in [-0.2, 0) is 6.42 Å². The van der Waals surface area contributed by atoms with E-state index in [1.54, 1.807) is 0 Å². The number of rotatable bonds is 3. The molecule has 0 saturated carbocycles. The van der Waals surface area contributed by atoms with Crippen molar-refractivity contribution in [3.63, 3.8) is 0 Å². The van der Waals surface area contributed by atoms with Gasteiger partial charge in [-0.05, 0) is 125 Å². The second-order valence-corrected chi connectivity index (χ2v) is 15.8. The van der Waals surface area contributed by atoms with Crippen LogP contribution in [0.5, 0.6) is 0 Å². The normalized spacial score (nSPS) is 13.0. The maximum absolute atomic E-state index is 6.72. The molecule has 0 N–H and O–H groups in total. The zero-order chi connectivity index (χ0) is 35.3. The van der Waals surface area contributed by atoms with Crippen molar-refractivity contribution in [3.8, 4) is 33.4 Å². The molecule has 0 saturated heterocycles. The van der Waals surface area contributed by atoms with Gasteiger partial charge in [-0.15, -0.1) is 11.3 Å². The van der Waals surface area contributed by atoms with Gasteiger partial charge in [-0.2, -0.15) is 0 Å². The van der Waals surface area contributed by atoms with Crippen LogP contribution in [0, 0.1) is 0 Å². The van der Waals surface area contributed by atoms with E-state index in [9.17, 15) is 0 Å². The number of thiophene rings is 1. The average molecular weight is 705 g/mol. The standard InChI is InChI=1S/C52H32OS/c1-2-12-31(13-3-1)34-25-26-42(36-15-5-4-14-35(34)36)51-40-19-8-6-17-38(40)50(39-18-7-9-20-41(39)51)33-22-24-43-47(29-33)53-46-27-23-32-28-45-37-16-10-11-21-48(37)54-49(45)30-44(32)52(43)46/h1-10,12-20,22-30H,11,21H2. The lowest BCUT2D eigenvalue weighted by molar-refractivity contribution is 0.669. The first kappa shape index (κ1) is 30.0. The molecule has 0 radical (unpaired) electrons. The molecule has 2 heterocycles. The molecule has 0 aliphatic heterocycles. The Morgan fingerprint density at radius 2 is 1.11 bits per heavy atom. The third kappa shape index (κ3) is 4.32. The summed E-state index contributed by atoms with van der Waals surface area (Å²) < 4.78 is 8.08. The molecule has 0 fully saturated rings. The van der Waals surface area contributed by atoms with Crippen molar-refractivity contribution in [2.75, 3.05) is 0 Å². The number of benzene rings is 9. The maximum atomic E-state index is 6.72. The number of hydrogen-bond donors (Lipinski definition) is 0. The summed E-state index contributed by atoms with van der Waals surface area (Å²) in [4.78, 5) is 1.50. The van der Waals surface area contributed by atoms with Gasteiger partial charge >= 0.3 is 0 Å². The molecular formula is C52H32OS. The van der Waals surface area contributed by atoms with E-state index in [1.807, 2.05) is 11.3 Å². The molecule has 0 bridgehead atoms. The minimum atomic E-state index is 0.920. The maximum Gasteiger partial charge on any atom is 0.136 e. The van der Waals surface area contributed by atoms with Crippen molar-refractivity contribution < 1.29 is 4.42 Å². The average Bonchev–Trinajstić information content (AvgIpc) is 3.79. The molecule has 54 heavy (non-hydrogen) atoms. The number of aryl methyl sites for hydroxylation is 1. The van der Waals surface area contributed by atoms with Crippen LogP contribution < -0.4 is 0 Å². The fraction of sp³-hybridized carbons (Fsp3) is 0.0385. The van der Waals surface area contributed by atoms with Crippen molar-refractivity contribution in [3.05, 3.63) is 174 Å². The van der Waals surface area contributed by atoms with Crippen molar-refractivity contribution in [1.29, 1.82) is 0 Å². The fourth-order valence-electron chi connectivity index (χ4n) is 9.32. The van der Waals surface area contributed by atoms with Crippen LogP contribution in [0.15, 0.2) is 168 Å². The van der Waals surface area contributed by atoms with Crippen molar-refractivity contribution in [2.45, 2.75) is 12.8 Å². The third-order valence-electron chi connectivity index (χ3n) is 11.7. The van der Waals surface area contributed by atoms with Crippen molar-refractivity contribution in [2.24, 2.45) is 0 Å². The second kappa shape index (κ2) is 11.5. The van der Waals surface area contributed by atoms with Crippen LogP contribution >= 0.6 is 11.3 Å². The fourth-order valence-corrected chi connectivity index (χ4v) is 10.5. The van der Waals surface area contributed by atoms with Crippen LogP contribution in [0.25, 0.3) is 115 Å². The highest BCUT2D eigenvalue weighted by Gasteiger charge is 2.21. The molecule has 0 atom stereocenters. The minimum Gasteiger partial charge on any atom is -0.456 e. The Morgan fingerprint density at radius 3 is 1.87 bits per heavy atom. The summed E-state index contributed by atoms with van der Waals surface area (Å²) in [5, 5.41) is 13.8. The van der Waals surface area contributed by atoms with Gasteiger partial charge in [-0.1, -0.05) is 140 Å². The van der Waals surface area contributed by atoms with Crippen LogP contribution in [0.4, 0.5) is 0 Å². The summed E-state index contributed by atoms with van der Waals surface area (Å²) in [6.07, 6.45) is 6.90. The molecule has 12 rings (SSSR count). The lowest BCUT2D eigenvalue weighted by Gasteiger charge is -2.19. The van der Waals surface area contributed by atoms with Crippen LogP contribution in [-0.4, -0.2) is 0 Å². The molecule has 11 aromatic rings. The first-order valence-corrected chi connectivity index (χ1v) is 19.6. The number of furan rings is 1.